The molecule has 4 amide bonds. The second-order valence-corrected chi connectivity index (χ2v) is 6.93. The van der Waals surface area contributed by atoms with Crippen LogP contribution in [0.3, 0.4) is 0 Å². The summed E-state index contributed by atoms with van der Waals surface area (Å²) < 4.78 is 0. The number of barbiturate groups is 1. The van der Waals surface area contributed by atoms with Gasteiger partial charge < -0.3 is 0 Å². The lowest BCUT2D eigenvalue weighted by Gasteiger charge is -2.26. The normalized spacial score (nSPS) is 15.5. The molecule has 1 saturated heterocycles. The van der Waals surface area contributed by atoms with Crippen molar-refractivity contribution in [3.05, 3.63) is 83.2 Å². The van der Waals surface area contributed by atoms with Gasteiger partial charge in [0.15, 0.2) is 5.82 Å². The number of benzene rings is 2. The number of imide groups is 2. The van der Waals surface area contributed by atoms with Crippen molar-refractivity contribution in [2.75, 3.05) is 4.90 Å². The number of hydrogen-bond donors (Lipinski definition) is 1. The third-order valence-corrected chi connectivity index (χ3v) is 4.87. The highest BCUT2D eigenvalue weighted by Crippen LogP contribution is 2.24. The van der Waals surface area contributed by atoms with Gasteiger partial charge >= 0.3 is 6.03 Å². The lowest BCUT2D eigenvalue weighted by Crippen LogP contribution is -2.54. The van der Waals surface area contributed by atoms with Crippen molar-refractivity contribution < 1.29 is 14.4 Å². The monoisotopic (exact) mass is 398 g/mol. The fourth-order valence-corrected chi connectivity index (χ4v) is 3.07. The second kappa shape index (κ2) is 7.71. The molecule has 4 rings (SSSR count). The summed E-state index contributed by atoms with van der Waals surface area (Å²) >= 11 is 0. The van der Waals surface area contributed by atoms with Crippen LogP contribution in [0, 0.1) is 13.8 Å². The van der Waals surface area contributed by atoms with E-state index in [9.17, 15) is 14.4 Å². The molecule has 0 bridgehead atoms. The molecule has 30 heavy (non-hydrogen) atoms. The highest BCUT2D eigenvalue weighted by molar-refractivity contribution is 6.39. The average Bonchev–Trinajstić information content (AvgIpc) is 2.74. The van der Waals surface area contributed by atoms with Crippen LogP contribution in [0.15, 0.2) is 66.5 Å². The first-order valence-corrected chi connectivity index (χ1v) is 9.30. The first-order chi connectivity index (χ1) is 14.4. The minimum atomic E-state index is -0.777. The van der Waals surface area contributed by atoms with Crippen LogP contribution in [0.2, 0.25) is 0 Å². The third-order valence-electron chi connectivity index (χ3n) is 4.87. The van der Waals surface area contributed by atoms with E-state index in [1.54, 1.807) is 12.1 Å². The predicted octanol–water partition coefficient (Wildman–Crippen LogP) is 3.43. The van der Waals surface area contributed by atoms with Crippen LogP contribution >= 0.6 is 0 Å². The molecule has 0 spiro atoms. The SMILES string of the molecule is Cc1ccc(N2C(=O)NC(=O)C(=Cc3cnc(-c4ccccc4)nc3)C2=O)cc1C. The molecule has 0 radical (unpaired) electrons. The number of aromatic nitrogens is 2. The van der Waals surface area contributed by atoms with Crippen LogP contribution < -0.4 is 10.2 Å². The van der Waals surface area contributed by atoms with Gasteiger partial charge in [-0.25, -0.2) is 19.7 Å². The van der Waals surface area contributed by atoms with Gasteiger partial charge in [0.1, 0.15) is 5.57 Å². The third kappa shape index (κ3) is 3.60. The molecule has 2 aromatic carbocycles. The molecule has 0 saturated carbocycles. The van der Waals surface area contributed by atoms with E-state index in [1.807, 2.05) is 50.2 Å². The zero-order valence-corrected chi connectivity index (χ0v) is 16.4. The Morgan fingerprint density at radius 3 is 2.27 bits per heavy atom. The number of amides is 4. The molecule has 148 valence electrons. The highest BCUT2D eigenvalue weighted by atomic mass is 16.2. The summed E-state index contributed by atoms with van der Waals surface area (Å²) in [5, 5.41) is 2.22. The van der Waals surface area contributed by atoms with Crippen molar-refractivity contribution in [2.45, 2.75) is 13.8 Å². The number of hydrogen-bond acceptors (Lipinski definition) is 5. The van der Waals surface area contributed by atoms with E-state index in [0.717, 1.165) is 21.6 Å². The zero-order chi connectivity index (χ0) is 21.3. The van der Waals surface area contributed by atoms with Crippen molar-refractivity contribution in [2.24, 2.45) is 0 Å². The van der Waals surface area contributed by atoms with Crippen LogP contribution in [0.25, 0.3) is 17.5 Å². The molecule has 0 aliphatic carbocycles. The van der Waals surface area contributed by atoms with Crippen molar-refractivity contribution >= 4 is 29.6 Å². The van der Waals surface area contributed by atoms with E-state index < -0.39 is 17.8 Å². The molecular formula is C23H18N4O3. The smallest absolute Gasteiger partial charge is 0.273 e. The molecule has 1 aliphatic rings. The number of carbonyl (C=O) groups excluding carboxylic acids is 3. The molecule has 7 heteroatoms. The maximum absolute atomic E-state index is 13.0. The van der Waals surface area contributed by atoms with Crippen molar-refractivity contribution in [3.8, 4) is 11.4 Å². The number of rotatable bonds is 3. The van der Waals surface area contributed by atoms with E-state index in [0.29, 0.717) is 17.1 Å². The predicted molar refractivity (Wildman–Crippen MR) is 112 cm³/mol. The maximum atomic E-state index is 13.0. The zero-order valence-electron chi connectivity index (χ0n) is 16.4. The van der Waals surface area contributed by atoms with Crippen LogP contribution in [-0.2, 0) is 9.59 Å². The molecule has 7 nitrogen and oxygen atoms in total. The minimum Gasteiger partial charge on any atom is -0.273 e. The van der Waals surface area contributed by atoms with Gasteiger partial charge in [-0.3, -0.25) is 14.9 Å². The number of anilines is 1. The van der Waals surface area contributed by atoms with E-state index >= 15 is 0 Å². The Balaban J connectivity index is 1.66. The average molecular weight is 398 g/mol. The molecule has 1 aliphatic heterocycles. The fourth-order valence-electron chi connectivity index (χ4n) is 3.07. The van der Waals surface area contributed by atoms with Crippen LogP contribution in [-0.4, -0.2) is 27.8 Å². The van der Waals surface area contributed by atoms with Gasteiger partial charge in [0.05, 0.1) is 5.69 Å². The topological polar surface area (TPSA) is 92.3 Å². The Labute approximate surface area is 173 Å². The quantitative estimate of drug-likeness (QED) is 0.539. The summed E-state index contributed by atoms with van der Waals surface area (Å²) in [6.07, 6.45) is 4.44. The van der Waals surface area contributed by atoms with Crippen molar-refractivity contribution in [1.82, 2.24) is 15.3 Å². The molecule has 0 unspecified atom stereocenters. The lowest BCUT2D eigenvalue weighted by molar-refractivity contribution is -0.122. The Morgan fingerprint density at radius 1 is 0.900 bits per heavy atom. The highest BCUT2D eigenvalue weighted by Gasteiger charge is 2.36. The Morgan fingerprint density at radius 2 is 1.60 bits per heavy atom. The first kappa shape index (κ1) is 19.2. The summed E-state index contributed by atoms with van der Waals surface area (Å²) in [6, 6.07) is 13.9. The largest absolute Gasteiger partial charge is 0.335 e. The molecule has 2 heterocycles. The summed E-state index contributed by atoms with van der Waals surface area (Å²) in [7, 11) is 0. The van der Waals surface area contributed by atoms with Gasteiger partial charge in [-0.1, -0.05) is 36.4 Å². The lowest BCUT2D eigenvalue weighted by atomic mass is 10.1. The molecule has 1 N–H and O–H groups in total. The van der Waals surface area contributed by atoms with E-state index in [2.05, 4.69) is 15.3 Å². The summed E-state index contributed by atoms with van der Waals surface area (Å²) in [4.78, 5) is 47.2. The number of aryl methyl sites for hydroxylation is 2. The molecular weight excluding hydrogens is 380 g/mol. The fraction of sp³-hybridized carbons (Fsp3) is 0.0870. The first-order valence-electron chi connectivity index (χ1n) is 9.30. The number of urea groups is 1. The van der Waals surface area contributed by atoms with Gasteiger partial charge in [-0.2, -0.15) is 0 Å². The van der Waals surface area contributed by atoms with E-state index in [4.69, 9.17) is 0 Å². The number of nitrogens with zero attached hydrogens (tertiary/aromatic N) is 3. The van der Waals surface area contributed by atoms with Crippen LogP contribution in [0.5, 0.6) is 0 Å². The van der Waals surface area contributed by atoms with Gasteiger partial charge in [-0.05, 0) is 43.2 Å². The Bertz CT molecular complexity index is 1180. The number of nitrogens with one attached hydrogen (secondary N) is 1. The summed E-state index contributed by atoms with van der Waals surface area (Å²) in [5.41, 5.74) is 3.53. The Kier molecular flexibility index (Phi) is 4.93. The summed E-state index contributed by atoms with van der Waals surface area (Å²) in [6.45, 7) is 3.82. The second-order valence-electron chi connectivity index (χ2n) is 6.93. The van der Waals surface area contributed by atoms with E-state index in [-0.39, 0.29) is 5.57 Å². The molecule has 1 aromatic heterocycles. The van der Waals surface area contributed by atoms with Crippen LogP contribution in [0.1, 0.15) is 16.7 Å². The van der Waals surface area contributed by atoms with Crippen molar-refractivity contribution in [3.63, 3.8) is 0 Å². The standard InChI is InChI=1S/C23H18N4O3/c1-14-8-9-18(10-15(14)2)27-22(29)19(21(28)26-23(27)30)11-16-12-24-20(25-13-16)17-6-4-3-5-7-17/h3-13H,1-2H3,(H,26,28,30). The van der Waals surface area contributed by atoms with Gasteiger partial charge in [0, 0.05) is 23.5 Å². The number of carbonyl (C=O) groups is 3. The van der Waals surface area contributed by atoms with Crippen LogP contribution in [0.4, 0.5) is 10.5 Å². The van der Waals surface area contributed by atoms with Gasteiger partial charge in [-0.15, -0.1) is 0 Å². The maximum Gasteiger partial charge on any atom is 0.335 e. The molecule has 0 atom stereocenters. The minimum absolute atomic E-state index is 0.163. The van der Waals surface area contributed by atoms with E-state index in [1.165, 1.54) is 18.5 Å². The van der Waals surface area contributed by atoms with Gasteiger partial charge in [0.25, 0.3) is 11.8 Å². The molecule has 1 fully saturated rings. The Hall–Kier alpha value is -4.13. The summed E-state index contributed by atoms with van der Waals surface area (Å²) in [5.74, 6) is -0.916. The van der Waals surface area contributed by atoms with Gasteiger partial charge in [0.2, 0.25) is 0 Å². The molecule has 3 aromatic rings. The van der Waals surface area contributed by atoms with Crippen molar-refractivity contribution in [1.29, 1.82) is 0 Å².